The number of carbonyl (C=O) groups is 2. The molecule has 0 unspecified atom stereocenters. The first-order valence-corrected chi connectivity index (χ1v) is 14.4. The number of nitrogens with zero attached hydrogens (tertiary/aromatic N) is 1. The van der Waals surface area contributed by atoms with Gasteiger partial charge in [0.05, 0.1) is 34.2 Å². The van der Waals surface area contributed by atoms with Gasteiger partial charge in [0.1, 0.15) is 11.1 Å². The van der Waals surface area contributed by atoms with Gasteiger partial charge in [-0.3, -0.25) is 14.3 Å². The van der Waals surface area contributed by atoms with E-state index in [0.717, 1.165) is 5.56 Å². The molecule has 0 spiro atoms. The standard InChI is InChI=1S/C27H22ClN3O5S2/c28-23-5-1-2-6-24(23)30-38(34,35)22-13-11-20(12-14-22)29-26(33)18-7-9-19(10-8-18)27-31(25(32)17-37-27)16-21-4-3-15-36-21/h1-15,27,30H,16-17H2,(H,29,33)/t27-/m1/s1. The molecule has 1 aromatic heterocycles. The number of thioether (sulfide) groups is 1. The second-order valence-corrected chi connectivity index (χ2v) is 11.6. The quantitative estimate of drug-likeness (QED) is 0.280. The van der Waals surface area contributed by atoms with Crippen molar-refractivity contribution in [1.29, 1.82) is 0 Å². The maximum absolute atomic E-state index is 12.8. The number of para-hydroxylation sites is 1. The van der Waals surface area contributed by atoms with Gasteiger partial charge in [-0.1, -0.05) is 35.9 Å². The second kappa shape index (κ2) is 10.9. The fourth-order valence-corrected chi connectivity index (χ4v) is 6.45. The summed E-state index contributed by atoms with van der Waals surface area (Å²) in [5.74, 6) is 0.780. The Morgan fingerprint density at radius 1 is 1.00 bits per heavy atom. The molecule has 3 aromatic carbocycles. The number of hydrogen-bond acceptors (Lipinski definition) is 6. The topological polar surface area (TPSA) is 109 Å². The number of furan rings is 1. The van der Waals surface area contributed by atoms with E-state index in [1.807, 2.05) is 18.2 Å². The molecule has 5 rings (SSSR count). The summed E-state index contributed by atoms with van der Waals surface area (Å²) in [5, 5.41) is 2.89. The minimum absolute atomic E-state index is 0.0301. The van der Waals surface area contributed by atoms with E-state index in [4.69, 9.17) is 16.0 Å². The monoisotopic (exact) mass is 567 g/mol. The van der Waals surface area contributed by atoms with Crippen LogP contribution in [0, 0.1) is 0 Å². The maximum atomic E-state index is 12.8. The highest BCUT2D eigenvalue weighted by molar-refractivity contribution is 8.00. The lowest BCUT2D eigenvalue weighted by Crippen LogP contribution is -2.27. The van der Waals surface area contributed by atoms with Gasteiger partial charge in [-0.15, -0.1) is 11.8 Å². The maximum Gasteiger partial charge on any atom is 0.261 e. The molecule has 8 nitrogen and oxygen atoms in total. The summed E-state index contributed by atoms with van der Waals surface area (Å²) in [5.41, 5.74) is 2.05. The highest BCUT2D eigenvalue weighted by atomic mass is 35.5. The average Bonchev–Trinajstić information content (AvgIpc) is 3.56. The Kier molecular flexibility index (Phi) is 7.46. The lowest BCUT2D eigenvalue weighted by Gasteiger charge is -2.23. The van der Waals surface area contributed by atoms with Crippen LogP contribution in [0.4, 0.5) is 11.4 Å². The summed E-state index contributed by atoms with van der Waals surface area (Å²) < 4.78 is 33.2. The van der Waals surface area contributed by atoms with Gasteiger partial charge >= 0.3 is 0 Å². The second-order valence-electron chi connectivity index (χ2n) is 8.45. The van der Waals surface area contributed by atoms with Crippen LogP contribution >= 0.6 is 23.4 Å². The highest BCUT2D eigenvalue weighted by Gasteiger charge is 2.33. The van der Waals surface area contributed by atoms with E-state index in [2.05, 4.69) is 10.0 Å². The van der Waals surface area contributed by atoms with Gasteiger partial charge in [-0.05, 0) is 66.2 Å². The first kappa shape index (κ1) is 25.9. The highest BCUT2D eigenvalue weighted by Crippen LogP contribution is 2.39. The van der Waals surface area contributed by atoms with Crippen LogP contribution in [0.3, 0.4) is 0 Å². The predicted octanol–water partition coefficient (Wildman–Crippen LogP) is 5.76. The molecule has 0 saturated carbocycles. The van der Waals surface area contributed by atoms with Gasteiger partial charge in [0.15, 0.2) is 0 Å². The van der Waals surface area contributed by atoms with Crippen molar-refractivity contribution in [3.8, 4) is 0 Å². The fraction of sp³-hybridized carbons (Fsp3) is 0.111. The first-order chi connectivity index (χ1) is 18.3. The average molecular weight is 568 g/mol. The molecule has 38 heavy (non-hydrogen) atoms. The molecule has 2 N–H and O–H groups in total. The number of carbonyl (C=O) groups excluding carboxylic acids is 2. The van der Waals surface area contributed by atoms with E-state index in [-0.39, 0.29) is 32.8 Å². The van der Waals surface area contributed by atoms with Gasteiger partial charge in [-0.2, -0.15) is 0 Å². The van der Waals surface area contributed by atoms with Crippen LogP contribution in [0.5, 0.6) is 0 Å². The minimum Gasteiger partial charge on any atom is -0.467 e. The molecule has 1 fully saturated rings. The summed E-state index contributed by atoms with van der Waals surface area (Å²) in [6, 6.07) is 23.1. The van der Waals surface area contributed by atoms with E-state index in [0.29, 0.717) is 29.3 Å². The molecule has 2 heterocycles. The molecule has 1 atom stereocenters. The summed E-state index contributed by atoms with van der Waals surface area (Å²) in [7, 11) is -3.85. The fourth-order valence-electron chi connectivity index (χ4n) is 3.94. The molecule has 0 bridgehead atoms. The van der Waals surface area contributed by atoms with E-state index >= 15 is 0 Å². The molecule has 0 radical (unpaired) electrons. The Morgan fingerprint density at radius 3 is 2.42 bits per heavy atom. The third-order valence-electron chi connectivity index (χ3n) is 5.87. The van der Waals surface area contributed by atoms with Crippen molar-refractivity contribution in [3.05, 3.63) is 113 Å². The molecular formula is C27H22ClN3O5S2. The number of sulfonamides is 1. The van der Waals surface area contributed by atoms with E-state index in [9.17, 15) is 18.0 Å². The van der Waals surface area contributed by atoms with Gasteiger partial charge in [0.25, 0.3) is 15.9 Å². The van der Waals surface area contributed by atoms with Crippen molar-refractivity contribution in [3.63, 3.8) is 0 Å². The van der Waals surface area contributed by atoms with Crippen molar-refractivity contribution in [2.45, 2.75) is 16.8 Å². The third-order valence-corrected chi connectivity index (χ3v) is 8.84. The van der Waals surface area contributed by atoms with Crippen molar-refractivity contribution < 1.29 is 22.4 Å². The first-order valence-electron chi connectivity index (χ1n) is 11.5. The normalized spacial score (nSPS) is 15.4. The van der Waals surface area contributed by atoms with Crippen molar-refractivity contribution >= 4 is 56.6 Å². The smallest absolute Gasteiger partial charge is 0.261 e. The zero-order valence-corrected chi connectivity index (χ0v) is 22.2. The number of halogens is 1. The Bertz CT molecular complexity index is 1560. The van der Waals surface area contributed by atoms with Crippen LogP contribution < -0.4 is 10.0 Å². The molecule has 1 aliphatic heterocycles. The van der Waals surface area contributed by atoms with Crippen molar-refractivity contribution in [2.24, 2.45) is 0 Å². The summed E-state index contributed by atoms with van der Waals surface area (Å²) in [6.07, 6.45) is 1.58. The predicted molar refractivity (Wildman–Crippen MR) is 148 cm³/mol. The van der Waals surface area contributed by atoms with Crippen LogP contribution in [-0.2, 0) is 21.4 Å². The minimum atomic E-state index is -3.85. The lowest BCUT2D eigenvalue weighted by molar-refractivity contribution is -0.128. The van der Waals surface area contributed by atoms with Crippen LogP contribution in [0.25, 0.3) is 0 Å². The van der Waals surface area contributed by atoms with Crippen molar-refractivity contribution in [1.82, 2.24) is 4.90 Å². The zero-order chi connectivity index (χ0) is 26.7. The number of hydrogen-bond donors (Lipinski definition) is 2. The number of benzene rings is 3. The van der Waals surface area contributed by atoms with Gasteiger partial charge in [0.2, 0.25) is 5.91 Å². The van der Waals surface area contributed by atoms with E-state index < -0.39 is 10.0 Å². The molecule has 0 aliphatic carbocycles. The van der Waals surface area contributed by atoms with Crippen LogP contribution in [0.2, 0.25) is 5.02 Å². The van der Waals surface area contributed by atoms with Crippen LogP contribution in [0.15, 0.2) is 101 Å². The third kappa shape index (κ3) is 5.72. The van der Waals surface area contributed by atoms with Crippen LogP contribution in [-0.4, -0.2) is 30.9 Å². The Balaban J connectivity index is 1.23. The van der Waals surface area contributed by atoms with Crippen molar-refractivity contribution in [2.75, 3.05) is 15.8 Å². The molecule has 2 amide bonds. The Morgan fingerprint density at radius 2 is 1.74 bits per heavy atom. The summed E-state index contributed by atoms with van der Waals surface area (Å²) in [4.78, 5) is 27.0. The lowest BCUT2D eigenvalue weighted by atomic mass is 10.1. The SMILES string of the molecule is O=C(Nc1ccc(S(=O)(=O)Nc2ccccc2Cl)cc1)c1ccc([C@H]2SCC(=O)N2Cc2ccco2)cc1. The molecule has 11 heteroatoms. The van der Waals surface area contributed by atoms with Gasteiger partial charge in [0, 0.05) is 11.3 Å². The van der Waals surface area contributed by atoms with Gasteiger partial charge in [-0.25, -0.2) is 8.42 Å². The van der Waals surface area contributed by atoms with Crippen LogP contribution in [0.1, 0.15) is 27.1 Å². The molecule has 1 aliphatic rings. The Hall–Kier alpha value is -3.73. The molecule has 1 saturated heterocycles. The molecular weight excluding hydrogens is 546 g/mol. The number of amides is 2. The van der Waals surface area contributed by atoms with Gasteiger partial charge < -0.3 is 14.6 Å². The zero-order valence-electron chi connectivity index (χ0n) is 19.8. The van der Waals surface area contributed by atoms with E-state index in [1.54, 1.807) is 53.6 Å². The molecule has 4 aromatic rings. The largest absolute Gasteiger partial charge is 0.467 e. The number of anilines is 2. The van der Waals surface area contributed by atoms with E-state index in [1.165, 1.54) is 36.0 Å². The Labute approximate surface area is 229 Å². The number of nitrogens with one attached hydrogen (secondary N) is 2. The number of rotatable bonds is 8. The summed E-state index contributed by atoms with van der Waals surface area (Å²) >= 11 is 7.58. The summed E-state index contributed by atoms with van der Waals surface area (Å²) in [6.45, 7) is 0.380. The molecule has 194 valence electrons.